The highest BCUT2D eigenvalue weighted by Crippen LogP contribution is 2.58. The van der Waals surface area contributed by atoms with E-state index in [1.807, 2.05) is 0 Å². The van der Waals surface area contributed by atoms with Crippen molar-refractivity contribution in [3.05, 3.63) is 21.6 Å². The molecule has 0 spiro atoms. The molecule has 0 saturated heterocycles. The topological polar surface area (TPSA) is 67.2 Å². The highest BCUT2D eigenvalue weighted by atomic mass is 35.5. The van der Waals surface area contributed by atoms with Gasteiger partial charge >= 0.3 is 0 Å². The van der Waals surface area contributed by atoms with Gasteiger partial charge in [-0.05, 0) is 56.3 Å². The normalized spacial score (nSPS) is 35.8. The minimum absolute atomic E-state index is 0.00556. The van der Waals surface area contributed by atoms with E-state index >= 15 is 0 Å². The van der Waals surface area contributed by atoms with E-state index in [-0.39, 0.29) is 22.7 Å². The van der Waals surface area contributed by atoms with Gasteiger partial charge in [0.25, 0.3) is 5.56 Å². The van der Waals surface area contributed by atoms with Crippen molar-refractivity contribution in [2.75, 3.05) is 18.5 Å². The number of hydrogen-bond donors (Lipinski definition) is 2. The molecule has 2 N–H and O–H groups in total. The van der Waals surface area contributed by atoms with Crippen molar-refractivity contribution < 1.29 is 5.11 Å². The summed E-state index contributed by atoms with van der Waals surface area (Å²) in [5, 5.41) is 16.5. The van der Waals surface area contributed by atoms with Crippen LogP contribution in [0.4, 0.5) is 5.69 Å². The molecule has 4 bridgehead atoms. The number of nitrogens with zero attached hydrogens (tertiary/aromatic N) is 2. The maximum atomic E-state index is 12.7. The van der Waals surface area contributed by atoms with Crippen LogP contribution in [0.25, 0.3) is 0 Å². The van der Waals surface area contributed by atoms with Gasteiger partial charge < -0.3 is 10.4 Å². The lowest BCUT2D eigenvalue weighted by atomic mass is 9.53. The second-order valence-electron chi connectivity index (χ2n) is 7.38. The van der Waals surface area contributed by atoms with Crippen molar-refractivity contribution in [1.29, 1.82) is 0 Å². The van der Waals surface area contributed by atoms with Gasteiger partial charge in [0.2, 0.25) is 0 Å². The molecule has 5 rings (SSSR count). The fraction of sp³-hybridized carbons (Fsp3) is 0.750. The standard InChI is InChI=1S/C16H22ClN3O2/c17-14-13(18-1-2-21)9-19-20(15(14)22)16-6-10-3-11(7-16)5-12(4-10)8-16/h9-12,18,21H,1-8H2. The molecular formula is C16H22ClN3O2. The first kappa shape index (κ1) is 14.5. The maximum Gasteiger partial charge on any atom is 0.288 e. The van der Waals surface area contributed by atoms with E-state index in [4.69, 9.17) is 16.7 Å². The Bertz CT molecular complexity index is 607. The number of nitrogens with one attached hydrogen (secondary N) is 1. The van der Waals surface area contributed by atoms with Crippen molar-refractivity contribution >= 4 is 17.3 Å². The summed E-state index contributed by atoms with van der Waals surface area (Å²) in [7, 11) is 0. The van der Waals surface area contributed by atoms with Gasteiger partial charge in [0.15, 0.2) is 0 Å². The van der Waals surface area contributed by atoms with E-state index in [0.29, 0.717) is 12.2 Å². The molecule has 6 heteroatoms. The third kappa shape index (κ3) is 2.17. The zero-order chi connectivity index (χ0) is 15.3. The molecule has 4 saturated carbocycles. The average Bonchev–Trinajstić information content (AvgIpc) is 2.47. The fourth-order valence-corrected chi connectivity index (χ4v) is 5.60. The quantitative estimate of drug-likeness (QED) is 0.891. The number of hydrogen-bond acceptors (Lipinski definition) is 4. The van der Waals surface area contributed by atoms with Gasteiger partial charge in [-0.1, -0.05) is 11.6 Å². The predicted octanol–water partition coefficient (Wildman–Crippen LogP) is 2.23. The molecule has 1 aromatic rings. The minimum atomic E-state index is -0.188. The van der Waals surface area contributed by atoms with Crippen LogP contribution in [0.1, 0.15) is 38.5 Å². The smallest absolute Gasteiger partial charge is 0.288 e. The molecule has 120 valence electrons. The summed E-state index contributed by atoms with van der Waals surface area (Å²) in [5.74, 6) is 2.27. The molecule has 4 fully saturated rings. The lowest BCUT2D eigenvalue weighted by molar-refractivity contribution is -0.0518. The van der Waals surface area contributed by atoms with E-state index in [2.05, 4.69) is 10.4 Å². The van der Waals surface area contributed by atoms with Gasteiger partial charge in [0.05, 0.1) is 24.0 Å². The van der Waals surface area contributed by atoms with Gasteiger partial charge in [0.1, 0.15) is 5.02 Å². The van der Waals surface area contributed by atoms with Crippen LogP contribution in [0.15, 0.2) is 11.0 Å². The van der Waals surface area contributed by atoms with Gasteiger partial charge in [-0.25, -0.2) is 4.68 Å². The van der Waals surface area contributed by atoms with Gasteiger partial charge in [0, 0.05) is 6.54 Å². The van der Waals surface area contributed by atoms with Crippen LogP contribution in [0.2, 0.25) is 5.02 Å². The third-order valence-electron chi connectivity index (χ3n) is 5.80. The SMILES string of the molecule is O=c1c(Cl)c(NCCO)cnn1C12CC3CC(CC(C3)C1)C2. The van der Waals surface area contributed by atoms with Gasteiger partial charge in [-0.3, -0.25) is 4.79 Å². The molecule has 0 aromatic carbocycles. The van der Waals surface area contributed by atoms with Crippen LogP contribution >= 0.6 is 11.6 Å². The van der Waals surface area contributed by atoms with E-state index in [1.165, 1.54) is 19.3 Å². The molecule has 4 aliphatic carbocycles. The van der Waals surface area contributed by atoms with Crippen molar-refractivity contribution in [1.82, 2.24) is 9.78 Å². The Morgan fingerprint density at radius 3 is 2.41 bits per heavy atom. The first-order valence-electron chi connectivity index (χ1n) is 8.24. The Balaban J connectivity index is 1.71. The van der Waals surface area contributed by atoms with Crippen LogP contribution in [0.5, 0.6) is 0 Å². The Morgan fingerprint density at radius 2 is 1.86 bits per heavy atom. The summed E-state index contributed by atoms with van der Waals surface area (Å²) in [6, 6.07) is 0. The summed E-state index contributed by atoms with van der Waals surface area (Å²) in [4.78, 5) is 12.7. The molecule has 0 atom stereocenters. The van der Waals surface area contributed by atoms with E-state index in [9.17, 15) is 4.79 Å². The molecule has 5 nitrogen and oxygen atoms in total. The molecular weight excluding hydrogens is 302 g/mol. The second kappa shape index (κ2) is 5.24. The molecule has 0 unspecified atom stereocenters. The highest BCUT2D eigenvalue weighted by molar-refractivity contribution is 6.32. The van der Waals surface area contributed by atoms with Crippen molar-refractivity contribution in [3.63, 3.8) is 0 Å². The van der Waals surface area contributed by atoms with Crippen LogP contribution in [-0.4, -0.2) is 28.0 Å². The lowest BCUT2D eigenvalue weighted by Gasteiger charge is -2.56. The van der Waals surface area contributed by atoms with Crippen LogP contribution in [0, 0.1) is 17.8 Å². The summed E-state index contributed by atoms with van der Waals surface area (Å²) in [6.07, 6.45) is 8.86. The van der Waals surface area contributed by atoms with E-state index in [1.54, 1.807) is 10.9 Å². The number of aromatic nitrogens is 2. The lowest BCUT2D eigenvalue weighted by Crippen LogP contribution is -2.55. The minimum Gasteiger partial charge on any atom is -0.395 e. The molecule has 22 heavy (non-hydrogen) atoms. The van der Waals surface area contributed by atoms with Gasteiger partial charge in [-0.2, -0.15) is 5.10 Å². The number of rotatable bonds is 4. The first-order chi connectivity index (χ1) is 10.6. The highest BCUT2D eigenvalue weighted by Gasteiger charge is 2.53. The molecule has 0 amide bonds. The summed E-state index contributed by atoms with van der Waals surface area (Å²) < 4.78 is 1.68. The molecule has 0 radical (unpaired) electrons. The largest absolute Gasteiger partial charge is 0.395 e. The van der Waals surface area contributed by atoms with Crippen LogP contribution in [-0.2, 0) is 5.54 Å². The van der Waals surface area contributed by atoms with Crippen molar-refractivity contribution in [2.45, 2.75) is 44.1 Å². The second-order valence-corrected chi connectivity index (χ2v) is 7.76. The summed E-state index contributed by atoms with van der Waals surface area (Å²) in [5.41, 5.74) is 0.221. The van der Waals surface area contributed by atoms with E-state index < -0.39 is 0 Å². The van der Waals surface area contributed by atoms with Crippen molar-refractivity contribution in [2.24, 2.45) is 17.8 Å². The molecule has 1 heterocycles. The first-order valence-corrected chi connectivity index (χ1v) is 8.62. The number of halogens is 1. The van der Waals surface area contributed by atoms with Gasteiger partial charge in [-0.15, -0.1) is 0 Å². The zero-order valence-electron chi connectivity index (χ0n) is 12.6. The molecule has 4 aliphatic rings. The molecule has 0 aliphatic heterocycles. The predicted molar refractivity (Wildman–Crippen MR) is 85.2 cm³/mol. The summed E-state index contributed by atoms with van der Waals surface area (Å²) >= 11 is 6.26. The average molecular weight is 324 g/mol. The monoisotopic (exact) mass is 323 g/mol. The van der Waals surface area contributed by atoms with Crippen LogP contribution < -0.4 is 10.9 Å². The Hall–Kier alpha value is -1.07. The maximum absolute atomic E-state index is 12.7. The van der Waals surface area contributed by atoms with E-state index in [0.717, 1.165) is 37.0 Å². The Labute approximate surface area is 134 Å². The number of aliphatic hydroxyl groups is 1. The Morgan fingerprint density at radius 1 is 1.27 bits per heavy atom. The zero-order valence-corrected chi connectivity index (χ0v) is 13.4. The fourth-order valence-electron chi connectivity index (χ4n) is 5.41. The number of aliphatic hydroxyl groups excluding tert-OH is 1. The summed E-state index contributed by atoms with van der Waals surface area (Å²) in [6.45, 7) is 0.358. The number of anilines is 1. The molecule has 1 aromatic heterocycles. The third-order valence-corrected chi connectivity index (χ3v) is 6.17. The van der Waals surface area contributed by atoms with Crippen LogP contribution in [0.3, 0.4) is 0 Å². The Kier molecular flexibility index (Phi) is 3.46. The van der Waals surface area contributed by atoms with Crippen molar-refractivity contribution in [3.8, 4) is 0 Å².